The Morgan fingerprint density at radius 3 is 2.94 bits per heavy atom. The maximum atomic E-state index is 9.12. The quantitative estimate of drug-likeness (QED) is 0.694. The standard InChI is InChI=1S/C14H18O2/c1-2-5-13(8-4-9-15)14-7-3-6-12(10-14)11-16/h2-5,7-8,10,12,15-16H,1,6,9,11H2/b8-4-,13-5+. The van der Waals surface area contributed by atoms with Gasteiger partial charge in [-0.05, 0) is 17.6 Å². The zero-order valence-electron chi connectivity index (χ0n) is 9.34. The molecule has 2 heteroatoms. The summed E-state index contributed by atoms with van der Waals surface area (Å²) in [5.74, 6) is 0.191. The Morgan fingerprint density at radius 1 is 1.50 bits per heavy atom. The summed E-state index contributed by atoms with van der Waals surface area (Å²) < 4.78 is 0. The van der Waals surface area contributed by atoms with E-state index in [1.807, 2.05) is 18.2 Å². The normalized spacial score (nSPS) is 21.2. The fourth-order valence-corrected chi connectivity index (χ4v) is 1.62. The van der Waals surface area contributed by atoms with Crippen LogP contribution in [0.15, 0.2) is 60.3 Å². The van der Waals surface area contributed by atoms with E-state index in [1.54, 1.807) is 12.2 Å². The lowest BCUT2D eigenvalue weighted by molar-refractivity contribution is 0.252. The van der Waals surface area contributed by atoms with Crippen molar-refractivity contribution in [1.29, 1.82) is 0 Å². The second-order valence-electron chi connectivity index (χ2n) is 3.65. The van der Waals surface area contributed by atoms with Gasteiger partial charge in [-0.1, -0.05) is 49.1 Å². The van der Waals surface area contributed by atoms with E-state index in [1.165, 1.54) is 0 Å². The van der Waals surface area contributed by atoms with Gasteiger partial charge in [0.05, 0.1) is 6.61 Å². The van der Waals surface area contributed by atoms with Crippen LogP contribution < -0.4 is 0 Å². The first-order valence-corrected chi connectivity index (χ1v) is 5.41. The highest BCUT2D eigenvalue weighted by atomic mass is 16.3. The second-order valence-corrected chi connectivity index (χ2v) is 3.65. The van der Waals surface area contributed by atoms with Crippen molar-refractivity contribution >= 4 is 0 Å². The summed E-state index contributed by atoms with van der Waals surface area (Å²) in [7, 11) is 0. The molecule has 0 aromatic carbocycles. The third-order valence-corrected chi connectivity index (χ3v) is 2.42. The summed E-state index contributed by atoms with van der Waals surface area (Å²) in [6, 6.07) is 0. The number of rotatable bonds is 5. The largest absolute Gasteiger partial charge is 0.396 e. The van der Waals surface area contributed by atoms with E-state index in [0.717, 1.165) is 17.6 Å². The molecule has 2 nitrogen and oxygen atoms in total. The highest BCUT2D eigenvalue weighted by Gasteiger charge is 2.09. The molecule has 0 radical (unpaired) electrons. The van der Waals surface area contributed by atoms with E-state index >= 15 is 0 Å². The average Bonchev–Trinajstić information content (AvgIpc) is 2.34. The average molecular weight is 218 g/mol. The molecular weight excluding hydrogens is 200 g/mol. The van der Waals surface area contributed by atoms with Crippen molar-refractivity contribution in [2.75, 3.05) is 13.2 Å². The van der Waals surface area contributed by atoms with Gasteiger partial charge in [-0.15, -0.1) is 0 Å². The van der Waals surface area contributed by atoms with Crippen molar-refractivity contribution in [3.8, 4) is 0 Å². The van der Waals surface area contributed by atoms with Crippen LogP contribution in [0, 0.1) is 5.92 Å². The molecule has 16 heavy (non-hydrogen) atoms. The molecule has 0 amide bonds. The fourth-order valence-electron chi connectivity index (χ4n) is 1.62. The Morgan fingerprint density at radius 2 is 2.31 bits per heavy atom. The lowest BCUT2D eigenvalue weighted by Gasteiger charge is -2.14. The van der Waals surface area contributed by atoms with Crippen LogP contribution in [0.2, 0.25) is 0 Å². The smallest absolute Gasteiger partial charge is 0.0615 e. The number of hydrogen-bond acceptors (Lipinski definition) is 2. The van der Waals surface area contributed by atoms with E-state index in [9.17, 15) is 0 Å². The SMILES string of the molecule is C=C/C=C(\C=C/CO)C1=CC(CO)CC=C1. The lowest BCUT2D eigenvalue weighted by Crippen LogP contribution is -2.05. The topological polar surface area (TPSA) is 40.5 Å². The first-order valence-electron chi connectivity index (χ1n) is 5.41. The summed E-state index contributed by atoms with van der Waals surface area (Å²) >= 11 is 0. The third-order valence-electron chi connectivity index (χ3n) is 2.42. The minimum absolute atomic E-state index is 0.0227. The molecule has 1 aliphatic rings. The van der Waals surface area contributed by atoms with E-state index in [0.29, 0.717) is 0 Å². The Balaban J connectivity index is 2.90. The van der Waals surface area contributed by atoms with Gasteiger partial charge in [-0.3, -0.25) is 0 Å². The minimum atomic E-state index is 0.0227. The summed E-state index contributed by atoms with van der Waals surface area (Å²) in [6.45, 7) is 3.86. The Bertz CT molecular complexity index is 346. The van der Waals surface area contributed by atoms with Gasteiger partial charge >= 0.3 is 0 Å². The van der Waals surface area contributed by atoms with Crippen LogP contribution in [-0.4, -0.2) is 23.4 Å². The van der Waals surface area contributed by atoms with E-state index in [4.69, 9.17) is 10.2 Å². The number of hydrogen-bond donors (Lipinski definition) is 2. The first kappa shape index (κ1) is 12.7. The Labute approximate surface area is 96.6 Å². The molecule has 1 atom stereocenters. The van der Waals surface area contributed by atoms with Gasteiger partial charge in [-0.2, -0.15) is 0 Å². The maximum absolute atomic E-state index is 9.12. The van der Waals surface area contributed by atoms with Crippen molar-refractivity contribution in [3.63, 3.8) is 0 Å². The maximum Gasteiger partial charge on any atom is 0.0615 e. The molecule has 86 valence electrons. The molecule has 1 unspecified atom stereocenters. The molecule has 1 rings (SSSR count). The van der Waals surface area contributed by atoms with E-state index in [2.05, 4.69) is 18.7 Å². The number of aliphatic hydroxyl groups excluding tert-OH is 2. The van der Waals surface area contributed by atoms with Crippen LogP contribution in [0.4, 0.5) is 0 Å². The molecule has 0 bridgehead atoms. The molecule has 0 saturated carbocycles. The molecule has 0 aromatic rings. The summed E-state index contributed by atoms with van der Waals surface area (Å²) in [6.07, 6.45) is 14.2. The van der Waals surface area contributed by atoms with Crippen LogP contribution in [-0.2, 0) is 0 Å². The summed E-state index contributed by atoms with van der Waals surface area (Å²) in [4.78, 5) is 0. The van der Waals surface area contributed by atoms with Crippen molar-refractivity contribution in [3.05, 3.63) is 60.3 Å². The molecular formula is C14H18O2. The number of aliphatic hydroxyl groups is 2. The Kier molecular flexibility index (Phi) is 5.54. The molecule has 0 fully saturated rings. The van der Waals surface area contributed by atoms with Gasteiger partial charge in [0, 0.05) is 12.5 Å². The molecule has 0 aromatic heterocycles. The van der Waals surface area contributed by atoms with Gasteiger partial charge < -0.3 is 10.2 Å². The van der Waals surface area contributed by atoms with E-state index in [-0.39, 0.29) is 19.1 Å². The molecule has 0 aliphatic heterocycles. The first-order chi connectivity index (χ1) is 7.81. The molecule has 1 aliphatic carbocycles. The van der Waals surface area contributed by atoms with Gasteiger partial charge in [0.2, 0.25) is 0 Å². The van der Waals surface area contributed by atoms with Crippen LogP contribution in [0.3, 0.4) is 0 Å². The molecule has 0 saturated heterocycles. The monoisotopic (exact) mass is 218 g/mol. The van der Waals surface area contributed by atoms with Crippen molar-refractivity contribution < 1.29 is 10.2 Å². The van der Waals surface area contributed by atoms with E-state index < -0.39 is 0 Å². The third kappa shape index (κ3) is 3.65. The van der Waals surface area contributed by atoms with Crippen LogP contribution in [0.5, 0.6) is 0 Å². The molecule has 0 spiro atoms. The van der Waals surface area contributed by atoms with Crippen LogP contribution in [0.1, 0.15) is 6.42 Å². The van der Waals surface area contributed by atoms with Gasteiger partial charge in [0.25, 0.3) is 0 Å². The fraction of sp³-hybridized carbons (Fsp3) is 0.286. The predicted octanol–water partition coefficient (Wildman–Crippen LogP) is 2.14. The van der Waals surface area contributed by atoms with Crippen LogP contribution in [0.25, 0.3) is 0 Å². The van der Waals surface area contributed by atoms with Gasteiger partial charge in [-0.25, -0.2) is 0 Å². The van der Waals surface area contributed by atoms with Crippen LogP contribution >= 0.6 is 0 Å². The second kappa shape index (κ2) is 6.99. The highest BCUT2D eigenvalue weighted by Crippen LogP contribution is 2.22. The lowest BCUT2D eigenvalue weighted by atomic mass is 9.92. The van der Waals surface area contributed by atoms with Gasteiger partial charge in [0.1, 0.15) is 0 Å². The van der Waals surface area contributed by atoms with Crippen molar-refractivity contribution in [2.24, 2.45) is 5.92 Å². The number of allylic oxidation sites excluding steroid dienone is 7. The zero-order chi connectivity index (χ0) is 11.8. The van der Waals surface area contributed by atoms with Crippen molar-refractivity contribution in [1.82, 2.24) is 0 Å². The summed E-state index contributed by atoms with van der Waals surface area (Å²) in [5.41, 5.74) is 2.06. The molecule has 0 heterocycles. The van der Waals surface area contributed by atoms with Crippen molar-refractivity contribution in [2.45, 2.75) is 6.42 Å². The summed E-state index contributed by atoms with van der Waals surface area (Å²) in [5, 5.41) is 17.9. The minimum Gasteiger partial charge on any atom is -0.396 e. The zero-order valence-corrected chi connectivity index (χ0v) is 9.34. The highest BCUT2D eigenvalue weighted by molar-refractivity contribution is 5.49. The predicted molar refractivity (Wildman–Crippen MR) is 66.9 cm³/mol. The molecule has 2 N–H and O–H groups in total. The Hall–Kier alpha value is -1.38. The van der Waals surface area contributed by atoms with Gasteiger partial charge in [0.15, 0.2) is 0 Å².